The Labute approximate surface area is 118 Å². The van der Waals surface area contributed by atoms with Crippen molar-refractivity contribution in [2.45, 2.75) is 18.8 Å². The van der Waals surface area contributed by atoms with Crippen molar-refractivity contribution < 1.29 is 14.3 Å². The van der Waals surface area contributed by atoms with Crippen molar-refractivity contribution in [3.63, 3.8) is 0 Å². The largest absolute Gasteiger partial charge is 0.481 e. The second kappa shape index (κ2) is 6.66. The van der Waals surface area contributed by atoms with Crippen LogP contribution in [0.15, 0.2) is 36.4 Å². The van der Waals surface area contributed by atoms with Crippen LogP contribution in [0.4, 0.5) is 4.39 Å². The smallest absolute Gasteiger partial charge is 0.303 e. The first-order valence-electron chi connectivity index (χ1n) is 6.88. The molecular weight excluding hydrogens is 257 g/mol. The lowest BCUT2D eigenvalue weighted by Gasteiger charge is -2.15. The van der Waals surface area contributed by atoms with Gasteiger partial charge in [-0.15, -0.1) is 0 Å². The average Bonchev–Trinajstić information content (AvgIpc) is 2.76. The van der Waals surface area contributed by atoms with Crippen LogP contribution >= 0.6 is 0 Å². The molecule has 1 fully saturated rings. The molecule has 3 nitrogen and oxygen atoms in total. The third-order valence-electron chi connectivity index (χ3n) is 3.75. The van der Waals surface area contributed by atoms with Gasteiger partial charge in [0.05, 0.1) is 0 Å². The highest BCUT2D eigenvalue weighted by Crippen LogP contribution is 2.33. The highest BCUT2D eigenvalue weighted by Gasteiger charge is 2.29. The van der Waals surface area contributed by atoms with Crippen molar-refractivity contribution >= 4 is 5.97 Å². The molecule has 1 aliphatic rings. The number of allylic oxidation sites excluding steroid dienone is 1. The molecule has 0 unspecified atom stereocenters. The number of nitrogens with zero attached hydrogens (tertiary/aromatic N) is 1. The van der Waals surface area contributed by atoms with Crippen molar-refractivity contribution in [1.82, 2.24) is 4.90 Å². The summed E-state index contributed by atoms with van der Waals surface area (Å²) in [6.45, 7) is 1.89. The molecule has 0 saturated carbocycles. The zero-order chi connectivity index (χ0) is 14.5. The van der Waals surface area contributed by atoms with Gasteiger partial charge in [0.1, 0.15) is 5.82 Å². The second-order valence-corrected chi connectivity index (χ2v) is 5.40. The molecule has 108 valence electrons. The van der Waals surface area contributed by atoms with Crippen molar-refractivity contribution in [2.24, 2.45) is 5.92 Å². The Bertz CT molecular complexity index is 484. The van der Waals surface area contributed by atoms with E-state index in [-0.39, 0.29) is 12.2 Å². The van der Waals surface area contributed by atoms with Crippen LogP contribution in [0.5, 0.6) is 0 Å². The normalized spacial score (nSPS) is 23.5. The average molecular weight is 277 g/mol. The molecule has 1 aromatic rings. The van der Waals surface area contributed by atoms with Crippen LogP contribution in [0, 0.1) is 11.7 Å². The lowest BCUT2D eigenvalue weighted by Crippen LogP contribution is -2.13. The Kier molecular flexibility index (Phi) is 4.90. The summed E-state index contributed by atoms with van der Waals surface area (Å²) in [7, 11) is 2.07. The Morgan fingerprint density at radius 1 is 1.40 bits per heavy atom. The van der Waals surface area contributed by atoms with Crippen LogP contribution < -0.4 is 0 Å². The van der Waals surface area contributed by atoms with Crippen LogP contribution in [-0.2, 0) is 4.79 Å². The van der Waals surface area contributed by atoms with E-state index in [1.165, 1.54) is 12.1 Å². The van der Waals surface area contributed by atoms with Gasteiger partial charge in [0, 0.05) is 25.4 Å². The lowest BCUT2D eigenvalue weighted by molar-refractivity contribution is -0.136. The van der Waals surface area contributed by atoms with Gasteiger partial charge >= 0.3 is 5.97 Å². The molecule has 20 heavy (non-hydrogen) atoms. The van der Waals surface area contributed by atoms with Crippen molar-refractivity contribution in [2.75, 3.05) is 20.1 Å². The van der Waals surface area contributed by atoms with E-state index in [1.54, 1.807) is 0 Å². The molecule has 0 aromatic heterocycles. The van der Waals surface area contributed by atoms with Gasteiger partial charge in [-0.05, 0) is 37.1 Å². The van der Waals surface area contributed by atoms with E-state index in [4.69, 9.17) is 5.11 Å². The van der Waals surface area contributed by atoms with E-state index in [1.807, 2.05) is 18.2 Å². The lowest BCUT2D eigenvalue weighted by atomic mass is 9.88. The number of hydrogen-bond acceptors (Lipinski definition) is 2. The number of benzene rings is 1. The molecule has 2 rings (SSSR count). The van der Waals surface area contributed by atoms with Gasteiger partial charge in [-0.25, -0.2) is 4.39 Å². The minimum atomic E-state index is -0.770. The van der Waals surface area contributed by atoms with Crippen LogP contribution in [0.2, 0.25) is 0 Å². The highest BCUT2D eigenvalue weighted by atomic mass is 19.1. The minimum absolute atomic E-state index is 0.167. The van der Waals surface area contributed by atoms with Gasteiger partial charge in [-0.1, -0.05) is 24.3 Å². The molecular formula is C16H20FNO2. The molecule has 1 aromatic carbocycles. The van der Waals surface area contributed by atoms with Crippen molar-refractivity contribution in [3.8, 4) is 0 Å². The van der Waals surface area contributed by atoms with E-state index in [0.29, 0.717) is 18.3 Å². The summed E-state index contributed by atoms with van der Waals surface area (Å²) in [5, 5.41) is 8.63. The molecule has 2 atom stereocenters. The van der Waals surface area contributed by atoms with E-state index < -0.39 is 5.97 Å². The van der Waals surface area contributed by atoms with Gasteiger partial charge in [0.15, 0.2) is 0 Å². The summed E-state index contributed by atoms with van der Waals surface area (Å²) in [5.41, 5.74) is 1.14. The molecule has 1 N–H and O–H groups in total. The molecule has 0 radical (unpaired) electrons. The van der Waals surface area contributed by atoms with Gasteiger partial charge in [0.25, 0.3) is 0 Å². The van der Waals surface area contributed by atoms with E-state index in [2.05, 4.69) is 18.0 Å². The summed E-state index contributed by atoms with van der Waals surface area (Å²) in [4.78, 5) is 12.7. The molecule has 0 aliphatic carbocycles. The number of halogens is 1. The predicted molar refractivity (Wildman–Crippen MR) is 76.1 cm³/mol. The van der Waals surface area contributed by atoms with E-state index >= 15 is 0 Å². The summed E-state index contributed by atoms with van der Waals surface area (Å²) < 4.78 is 13.0. The molecule has 1 aliphatic heterocycles. The second-order valence-electron chi connectivity index (χ2n) is 5.40. The first-order valence-corrected chi connectivity index (χ1v) is 6.88. The fraction of sp³-hybridized carbons (Fsp3) is 0.438. The van der Waals surface area contributed by atoms with E-state index in [9.17, 15) is 9.18 Å². The minimum Gasteiger partial charge on any atom is -0.481 e. The number of hydrogen-bond donors (Lipinski definition) is 1. The van der Waals surface area contributed by atoms with Gasteiger partial charge in [0.2, 0.25) is 0 Å². The maximum atomic E-state index is 13.0. The Morgan fingerprint density at radius 2 is 2.10 bits per heavy atom. The summed E-state index contributed by atoms with van der Waals surface area (Å²) in [5.74, 6) is -0.275. The number of carboxylic acid groups (broad SMARTS) is 1. The molecule has 1 heterocycles. The van der Waals surface area contributed by atoms with Gasteiger partial charge in [-0.2, -0.15) is 0 Å². The molecule has 4 heteroatoms. The number of likely N-dealkylation sites (N-methyl/N-ethyl adjacent to an activating group) is 1. The third-order valence-corrected chi connectivity index (χ3v) is 3.75. The van der Waals surface area contributed by atoms with Crippen LogP contribution in [0.1, 0.15) is 24.3 Å². The zero-order valence-electron chi connectivity index (χ0n) is 11.6. The van der Waals surface area contributed by atoms with E-state index in [0.717, 1.165) is 18.7 Å². The topological polar surface area (TPSA) is 40.5 Å². The summed E-state index contributed by atoms with van der Waals surface area (Å²) >= 11 is 0. The molecule has 0 amide bonds. The van der Waals surface area contributed by atoms with Gasteiger partial charge < -0.3 is 10.0 Å². The number of carbonyl (C=O) groups is 1. The fourth-order valence-electron chi connectivity index (χ4n) is 2.77. The first kappa shape index (κ1) is 14.7. The monoisotopic (exact) mass is 277 g/mol. The van der Waals surface area contributed by atoms with Crippen LogP contribution in [-0.4, -0.2) is 36.1 Å². The van der Waals surface area contributed by atoms with Crippen LogP contribution in [0.25, 0.3) is 0 Å². The maximum absolute atomic E-state index is 13.0. The first-order chi connectivity index (χ1) is 9.56. The highest BCUT2D eigenvalue weighted by molar-refractivity contribution is 5.66. The quantitative estimate of drug-likeness (QED) is 0.841. The standard InChI is InChI=1S/C16H20FNO2/c1-18-10-13(4-2-3-5-16(19)20)15(11-18)12-6-8-14(17)9-7-12/h2,4,6-9,13,15H,3,5,10-11H2,1H3,(H,19,20)/b4-2-/t13-,15+/m0/s1. The maximum Gasteiger partial charge on any atom is 0.303 e. The molecule has 1 saturated heterocycles. The van der Waals surface area contributed by atoms with Gasteiger partial charge in [-0.3, -0.25) is 4.79 Å². The SMILES string of the molecule is CN1C[C@H](c2ccc(F)cc2)[C@@H](/C=C\CCC(=O)O)C1. The summed E-state index contributed by atoms with van der Waals surface area (Å²) in [6.07, 6.45) is 4.79. The number of rotatable bonds is 5. The number of carboxylic acids is 1. The fourth-order valence-corrected chi connectivity index (χ4v) is 2.77. The molecule has 0 bridgehead atoms. The third kappa shape index (κ3) is 3.90. The zero-order valence-corrected chi connectivity index (χ0v) is 11.6. The predicted octanol–water partition coefficient (Wildman–Crippen LogP) is 2.89. The Hall–Kier alpha value is -1.68. The number of aliphatic carboxylic acids is 1. The number of likely N-dealkylation sites (tertiary alicyclic amines) is 1. The van der Waals surface area contributed by atoms with Crippen molar-refractivity contribution in [3.05, 3.63) is 47.8 Å². The Morgan fingerprint density at radius 3 is 2.75 bits per heavy atom. The van der Waals surface area contributed by atoms with Crippen molar-refractivity contribution in [1.29, 1.82) is 0 Å². The Balaban J connectivity index is 2.02. The molecule has 0 spiro atoms. The summed E-state index contributed by atoms with van der Waals surface area (Å²) in [6, 6.07) is 6.69. The van der Waals surface area contributed by atoms with Crippen LogP contribution in [0.3, 0.4) is 0 Å².